The molecule has 0 bridgehead atoms. The first kappa shape index (κ1) is 26.6. The fourth-order valence-electron chi connectivity index (χ4n) is 4.68. The number of rotatable bonds is 9. The molecule has 1 unspecified atom stereocenters. The van der Waals surface area contributed by atoms with Gasteiger partial charge in [0, 0.05) is 19.3 Å². The average molecular weight is 522 g/mol. The summed E-state index contributed by atoms with van der Waals surface area (Å²) < 4.78 is 16.3. The van der Waals surface area contributed by atoms with Gasteiger partial charge in [-0.05, 0) is 68.0 Å². The van der Waals surface area contributed by atoms with Gasteiger partial charge < -0.3 is 36.6 Å². The molecule has 2 aromatic heterocycles. The summed E-state index contributed by atoms with van der Waals surface area (Å²) in [6, 6.07) is 8.30. The highest BCUT2D eigenvalue weighted by Gasteiger charge is 2.24. The number of aliphatic hydroxyl groups is 1. The third kappa shape index (κ3) is 6.15. The van der Waals surface area contributed by atoms with Gasteiger partial charge in [0.1, 0.15) is 12.6 Å². The van der Waals surface area contributed by atoms with E-state index < -0.39 is 6.10 Å². The Kier molecular flexibility index (Phi) is 9.85. The standard InChI is InChI=1S/C26H31NO4S2.ClH/c1-29-23-13-18(14-24(30-2)26(23)31-3)12-22(28)15-27-8-4-19(5-9-27)25(20-6-10-32-16-20)21-7-11-33-17-21;/h6-7,10-11,13-14,16-17,22,28H,4-5,8-9,12,15H2,1-3H3;1H. The van der Waals surface area contributed by atoms with E-state index in [1.165, 1.54) is 27.2 Å². The van der Waals surface area contributed by atoms with Crippen LogP contribution < -0.4 is 31.5 Å². The van der Waals surface area contributed by atoms with Gasteiger partial charge in [-0.2, -0.15) is 22.7 Å². The number of ether oxygens (including phenoxy) is 3. The van der Waals surface area contributed by atoms with E-state index in [0.29, 0.717) is 23.7 Å². The molecule has 1 aromatic carbocycles. The van der Waals surface area contributed by atoms with Crippen molar-refractivity contribution < 1.29 is 36.6 Å². The summed E-state index contributed by atoms with van der Waals surface area (Å²) in [6.07, 6.45) is 2.25. The Labute approximate surface area is 216 Å². The Bertz CT molecular complexity index is 995. The number of halogens is 1. The number of hydrogen-bond donors (Lipinski definition) is 2. The number of piperidine rings is 1. The number of hydrogen-bond acceptors (Lipinski definition) is 6. The monoisotopic (exact) mass is 521 g/mol. The Morgan fingerprint density at radius 1 is 0.941 bits per heavy atom. The first-order valence-electron chi connectivity index (χ1n) is 11.2. The van der Waals surface area contributed by atoms with E-state index in [0.717, 1.165) is 38.0 Å². The number of nitrogens with one attached hydrogen (secondary N) is 1. The number of benzene rings is 1. The van der Waals surface area contributed by atoms with E-state index in [-0.39, 0.29) is 12.4 Å². The van der Waals surface area contributed by atoms with E-state index in [9.17, 15) is 5.11 Å². The molecule has 3 aromatic rings. The predicted molar refractivity (Wildman–Crippen MR) is 135 cm³/mol. The lowest BCUT2D eigenvalue weighted by atomic mass is 9.91. The number of likely N-dealkylation sites (tertiary alicyclic amines) is 1. The lowest BCUT2D eigenvalue weighted by molar-refractivity contribution is -0.905. The Morgan fingerprint density at radius 2 is 1.50 bits per heavy atom. The van der Waals surface area contributed by atoms with Crippen LogP contribution in [0, 0.1) is 0 Å². The van der Waals surface area contributed by atoms with Crippen LogP contribution in [-0.2, 0) is 6.42 Å². The number of quaternary nitrogens is 1. The zero-order valence-electron chi connectivity index (χ0n) is 19.8. The van der Waals surface area contributed by atoms with Crippen LogP contribution in [0.15, 0.2) is 51.4 Å². The second kappa shape index (κ2) is 12.6. The second-order valence-electron chi connectivity index (χ2n) is 8.35. The summed E-state index contributed by atoms with van der Waals surface area (Å²) >= 11 is 3.50. The van der Waals surface area contributed by atoms with E-state index in [1.807, 2.05) is 12.1 Å². The first-order valence-corrected chi connectivity index (χ1v) is 13.1. The SMILES string of the molecule is COc1cc(CC(O)C[NH+]2CCC(=C(c3ccsc3)c3ccsc3)CC2)cc(OC)c1OC.[Cl-]. The first-order chi connectivity index (χ1) is 16.1. The molecule has 1 aliphatic heterocycles. The van der Waals surface area contributed by atoms with Crippen molar-refractivity contribution in [2.75, 3.05) is 41.0 Å². The van der Waals surface area contributed by atoms with Gasteiger partial charge in [-0.15, -0.1) is 0 Å². The van der Waals surface area contributed by atoms with E-state index in [4.69, 9.17) is 14.2 Å². The van der Waals surface area contributed by atoms with E-state index in [2.05, 4.69) is 33.7 Å². The quantitative estimate of drug-likeness (QED) is 0.440. The van der Waals surface area contributed by atoms with Crippen molar-refractivity contribution in [2.45, 2.75) is 25.4 Å². The summed E-state index contributed by atoms with van der Waals surface area (Å²) in [7, 11) is 4.82. The van der Waals surface area contributed by atoms with Crippen LogP contribution in [0.2, 0.25) is 0 Å². The molecular formula is C26H32ClNO4S2. The molecule has 0 amide bonds. The zero-order chi connectivity index (χ0) is 23.2. The van der Waals surface area contributed by atoms with Gasteiger partial charge in [-0.25, -0.2) is 0 Å². The van der Waals surface area contributed by atoms with Crippen molar-refractivity contribution in [3.05, 3.63) is 68.0 Å². The van der Waals surface area contributed by atoms with Gasteiger partial charge in [0.15, 0.2) is 11.5 Å². The molecule has 8 heteroatoms. The van der Waals surface area contributed by atoms with Crippen LogP contribution in [-0.4, -0.2) is 52.2 Å². The normalized spacial score (nSPS) is 16.5. The zero-order valence-corrected chi connectivity index (χ0v) is 22.2. The highest BCUT2D eigenvalue weighted by molar-refractivity contribution is 7.08. The van der Waals surface area contributed by atoms with Crippen LogP contribution in [0.4, 0.5) is 0 Å². The molecule has 184 valence electrons. The fraction of sp³-hybridized carbons (Fsp3) is 0.385. The lowest BCUT2D eigenvalue weighted by Gasteiger charge is -2.29. The topological polar surface area (TPSA) is 52.4 Å². The summed E-state index contributed by atoms with van der Waals surface area (Å²) in [6.45, 7) is 2.81. The molecule has 1 aliphatic rings. The van der Waals surface area contributed by atoms with E-state index in [1.54, 1.807) is 44.0 Å². The summed E-state index contributed by atoms with van der Waals surface area (Å²) in [5.74, 6) is 1.81. The number of thiophene rings is 2. The molecule has 2 N–H and O–H groups in total. The fourth-order valence-corrected chi connectivity index (χ4v) is 5.97. The maximum Gasteiger partial charge on any atom is 0.203 e. The minimum atomic E-state index is -0.429. The van der Waals surface area contributed by atoms with Gasteiger partial charge in [0.2, 0.25) is 5.75 Å². The van der Waals surface area contributed by atoms with Crippen LogP contribution in [0.1, 0.15) is 29.5 Å². The maximum absolute atomic E-state index is 10.8. The molecule has 0 radical (unpaired) electrons. The minimum Gasteiger partial charge on any atom is -1.00 e. The molecule has 34 heavy (non-hydrogen) atoms. The summed E-state index contributed by atoms with van der Waals surface area (Å²) in [4.78, 5) is 1.45. The maximum atomic E-state index is 10.8. The van der Waals surface area contributed by atoms with Gasteiger partial charge in [0.05, 0.1) is 34.4 Å². The van der Waals surface area contributed by atoms with E-state index >= 15 is 0 Å². The van der Waals surface area contributed by atoms with Crippen molar-refractivity contribution in [2.24, 2.45) is 0 Å². The minimum absolute atomic E-state index is 0. The lowest BCUT2D eigenvalue weighted by Crippen LogP contribution is -3.14. The average Bonchev–Trinajstić information content (AvgIpc) is 3.55. The molecule has 5 nitrogen and oxygen atoms in total. The van der Waals surface area contributed by atoms with Crippen molar-refractivity contribution in [1.82, 2.24) is 0 Å². The van der Waals surface area contributed by atoms with Gasteiger partial charge in [-0.3, -0.25) is 0 Å². The van der Waals surface area contributed by atoms with Crippen LogP contribution >= 0.6 is 22.7 Å². The largest absolute Gasteiger partial charge is 1.00 e. The number of aliphatic hydroxyl groups excluding tert-OH is 1. The highest BCUT2D eigenvalue weighted by atomic mass is 35.5. The molecule has 0 saturated carbocycles. The molecule has 0 spiro atoms. The van der Waals surface area contributed by atoms with Gasteiger partial charge in [0.25, 0.3) is 0 Å². The van der Waals surface area contributed by atoms with Crippen LogP contribution in [0.3, 0.4) is 0 Å². The molecule has 0 aliphatic carbocycles. The van der Waals surface area contributed by atoms with Crippen molar-refractivity contribution in [3.8, 4) is 17.2 Å². The Hall–Kier alpha value is -2.03. The summed E-state index contributed by atoms with van der Waals surface area (Å²) in [5.41, 5.74) is 6.59. The molecule has 1 atom stereocenters. The summed E-state index contributed by atoms with van der Waals surface area (Å²) in [5, 5.41) is 19.7. The van der Waals surface area contributed by atoms with Gasteiger partial charge in [-0.1, -0.05) is 5.57 Å². The molecule has 1 saturated heterocycles. The Morgan fingerprint density at radius 3 is 1.94 bits per heavy atom. The van der Waals surface area contributed by atoms with Crippen LogP contribution in [0.25, 0.3) is 5.57 Å². The molecule has 3 heterocycles. The molecule has 1 fully saturated rings. The second-order valence-corrected chi connectivity index (χ2v) is 9.91. The smallest absolute Gasteiger partial charge is 0.203 e. The van der Waals surface area contributed by atoms with Gasteiger partial charge >= 0.3 is 0 Å². The Balaban J connectivity index is 0.00000324. The molecular weight excluding hydrogens is 490 g/mol. The van der Waals surface area contributed by atoms with Crippen LogP contribution in [0.5, 0.6) is 17.2 Å². The predicted octanol–water partition coefficient (Wildman–Crippen LogP) is 0.924. The van der Waals surface area contributed by atoms with Crippen molar-refractivity contribution in [3.63, 3.8) is 0 Å². The highest BCUT2D eigenvalue weighted by Crippen LogP contribution is 2.38. The third-order valence-electron chi connectivity index (χ3n) is 6.25. The third-order valence-corrected chi connectivity index (χ3v) is 7.62. The van der Waals surface area contributed by atoms with Crippen molar-refractivity contribution >= 4 is 28.2 Å². The molecule has 4 rings (SSSR count). The van der Waals surface area contributed by atoms with Crippen molar-refractivity contribution in [1.29, 1.82) is 0 Å². The number of methoxy groups -OCH3 is 3.